The van der Waals surface area contributed by atoms with Crippen LogP contribution in [0.3, 0.4) is 0 Å². The third-order valence-electron chi connectivity index (χ3n) is 4.08. The number of nitrogens with zero attached hydrogens (tertiary/aromatic N) is 1. The second-order valence-corrected chi connectivity index (χ2v) is 5.67. The van der Waals surface area contributed by atoms with E-state index in [2.05, 4.69) is 30.9 Å². The van der Waals surface area contributed by atoms with Crippen LogP contribution in [0.5, 0.6) is 0 Å². The lowest BCUT2D eigenvalue weighted by atomic mass is 9.92. The van der Waals surface area contributed by atoms with Crippen LogP contribution in [-0.2, 0) is 4.79 Å². The summed E-state index contributed by atoms with van der Waals surface area (Å²) in [7, 11) is 0. The molecule has 3 heteroatoms. The molecular formula is C16H22ClNO. The SMILES string of the molecule is CCC(CC)N1C(=O)CCCC1c1ccc(Cl)cc1. The molecule has 2 rings (SSSR count). The van der Waals surface area contributed by atoms with E-state index >= 15 is 0 Å². The summed E-state index contributed by atoms with van der Waals surface area (Å²) < 4.78 is 0. The smallest absolute Gasteiger partial charge is 0.223 e. The molecule has 0 aromatic heterocycles. The van der Waals surface area contributed by atoms with Crippen molar-refractivity contribution in [3.63, 3.8) is 0 Å². The maximum absolute atomic E-state index is 12.3. The Morgan fingerprint density at radius 1 is 1.26 bits per heavy atom. The Balaban J connectivity index is 2.29. The van der Waals surface area contributed by atoms with Gasteiger partial charge in [0.1, 0.15) is 0 Å². The lowest BCUT2D eigenvalue weighted by Gasteiger charge is -2.41. The van der Waals surface area contributed by atoms with E-state index in [4.69, 9.17) is 11.6 Å². The molecule has 104 valence electrons. The van der Waals surface area contributed by atoms with Gasteiger partial charge in [0.05, 0.1) is 6.04 Å². The summed E-state index contributed by atoms with van der Waals surface area (Å²) in [6.07, 6.45) is 4.78. The maximum atomic E-state index is 12.3. The number of likely N-dealkylation sites (tertiary alicyclic amines) is 1. The predicted octanol–water partition coefficient (Wildman–Crippen LogP) is 4.58. The summed E-state index contributed by atoms with van der Waals surface area (Å²) in [6, 6.07) is 8.53. The zero-order valence-electron chi connectivity index (χ0n) is 11.7. The number of rotatable bonds is 4. The Bertz CT molecular complexity index is 425. The molecule has 0 bridgehead atoms. The van der Waals surface area contributed by atoms with Gasteiger partial charge in [-0.1, -0.05) is 37.6 Å². The Kier molecular flexibility index (Phi) is 4.87. The van der Waals surface area contributed by atoms with Crippen molar-refractivity contribution in [3.8, 4) is 0 Å². The van der Waals surface area contributed by atoms with E-state index in [1.165, 1.54) is 5.56 Å². The molecule has 1 atom stereocenters. The number of amides is 1. The van der Waals surface area contributed by atoms with Crippen LogP contribution in [0.2, 0.25) is 5.02 Å². The summed E-state index contributed by atoms with van der Waals surface area (Å²) in [5, 5.41) is 0.750. The predicted molar refractivity (Wildman–Crippen MR) is 79.3 cm³/mol. The first-order chi connectivity index (χ1) is 9.17. The van der Waals surface area contributed by atoms with Crippen LogP contribution in [0.1, 0.15) is 57.6 Å². The van der Waals surface area contributed by atoms with Gasteiger partial charge in [-0.25, -0.2) is 0 Å². The number of halogens is 1. The van der Waals surface area contributed by atoms with E-state index in [0.29, 0.717) is 18.4 Å². The highest BCUT2D eigenvalue weighted by Gasteiger charge is 2.32. The molecule has 0 N–H and O–H groups in total. The van der Waals surface area contributed by atoms with E-state index in [1.54, 1.807) is 0 Å². The highest BCUT2D eigenvalue weighted by atomic mass is 35.5. The van der Waals surface area contributed by atoms with Crippen molar-refractivity contribution in [1.82, 2.24) is 4.90 Å². The fourth-order valence-corrected chi connectivity index (χ4v) is 3.17. The second-order valence-electron chi connectivity index (χ2n) is 5.23. The summed E-state index contributed by atoms with van der Waals surface area (Å²) in [5.41, 5.74) is 1.21. The van der Waals surface area contributed by atoms with Gasteiger partial charge in [0, 0.05) is 17.5 Å². The monoisotopic (exact) mass is 279 g/mol. The van der Waals surface area contributed by atoms with Crippen molar-refractivity contribution in [2.75, 3.05) is 0 Å². The third kappa shape index (κ3) is 3.11. The van der Waals surface area contributed by atoms with Gasteiger partial charge in [0.25, 0.3) is 0 Å². The van der Waals surface area contributed by atoms with E-state index in [0.717, 1.165) is 30.7 Å². The quantitative estimate of drug-likeness (QED) is 0.790. The second kappa shape index (κ2) is 6.42. The molecule has 0 spiro atoms. The number of piperidine rings is 1. The molecule has 1 aliphatic heterocycles. The summed E-state index contributed by atoms with van der Waals surface area (Å²) in [5.74, 6) is 0.305. The van der Waals surface area contributed by atoms with E-state index in [9.17, 15) is 4.79 Å². The minimum absolute atomic E-state index is 0.225. The third-order valence-corrected chi connectivity index (χ3v) is 4.33. The van der Waals surface area contributed by atoms with E-state index in [1.807, 2.05) is 12.1 Å². The van der Waals surface area contributed by atoms with E-state index < -0.39 is 0 Å². The van der Waals surface area contributed by atoms with Gasteiger partial charge in [-0.05, 0) is 43.4 Å². The van der Waals surface area contributed by atoms with Gasteiger partial charge >= 0.3 is 0 Å². The van der Waals surface area contributed by atoms with Crippen molar-refractivity contribution >= 4 is 17.5 Å². The van der Waals surface area contributed by atoms with Crippen molar-refractivity contribution < 1.29 is 4.79 Å². The molecular weight excluding hydrogens is 258 g/mol. The first-order valence-electron chi connectivity index (χ1n) is 7.24. The lowest BCUT2D eigenvalue weighted by Crippen LogP contribution is -2.44. The highest BCUT2D eigenvalue weighted by Crippen LogP contribution is 2.35. The Hall–Kier alpha value is -1.02. The number of carbonyl (C=O) groups is 1. The largest absolute Gasteiger partial charge is 0.333 e. The average Bonchev–Trinajstić information content (AvgIpc) is 2.43. The van der Waals surface area contributed by atoms with Gasteiger partial charge in [-0.3, -0.25) is 4.79 Å². The van der Waals surface area contributed by atoms with Crippen molar-refractivity contribution in [2.24, 2.45) is 0 Å². The van der Waals surface area contributed by atoms with Crippen molar-refractivity contribution in [2.45, 2.75) is 58.0 Å². The normalized spacial score (nSPS) is 20.1. The Morgan fingerprint density at radius 3 is 2.47 bits per heavy atom. The highest BCUT2D eigenvalue weighted by molar-refractivity contribution is 6.30. The van der Waals surface area contributed by atoms with Gasteiger partial charge in [-0.2, -0.15) is 0 Å². The molecule has 0 saturated carbocycles. The van der Waals surface area contributed by atoms with Gasteiger partial charge in [0.2, 0.25) is 5.91 Å². The van der Waals surface area contributed by atoms with Crippen LogP contribution >= 0.6 is 11.6 Å². The van der Waals surface area contributed by atoms with Crippen LogP contribution < -0.4 is 0 Å². The van der Waals surface area contributed by atoms with Crippen LogP contribution in [0, 0.1) is 0 Å². The van der Waals surface area contributed by atoms with Gasteiger partial charge < -0.3 is 4.90 Å². The number of hydrogen-bond acceptors (Lipinski definition) is 1. The first-order valence-corrected chi connectivity index (χ1v) is 7.61. The molecule has 0 radical (unpaired) electrons. The molecule has 1 aromatic rings. The Labute approximate surface area is 120 Å². The molecule has 1 fully saturated rings. The van der Waals surface area contributed by atoms with Crippen molar-refractivity contribution in [1.29, 1.82) is 0 Å². The number of hydrogen-bond donors (Lipinski definition) is 0. The lowest BCUT2D eigenvalue weighted by molar-refractivity contribution is -0.140. The average molecular weight is 280 g/mol. The molecule has 1 heterocycles. The molecule has 19 heavy (non-hydrogen) atoms. The van der Waals surface area contributed by atoms with Crippen LogP contribution in [0.25, 0.3) is 0 Å². The molecule has 1 aromatic carbocycles. The van der Waals surface area contributed by atoms with Crippen LogP contribution in [0.15, 0.2) is 24.3 Å². The molecule has 1 aliphatic rings. The zero-order valence-corrected chi connectivity index (χ0v) is 12.5. The van der Waals surface area contributed by atoms with Crippen LogP contribution in [0.4, 0.5) is 0 Å². The zero-order chi connectivity index (χ0) is 13.8. The van der Waals surface area contributed by atoms with Crippen LogP contribution in [-0.4, -0.2) is 16.8 Å². The molecule has 1 unspecified atom stereocenters. The van der Waals surface area contributed by atoms with Crippen molar-refractivity contribution in [3.05, 3.63) is 34.9 Å². The first kappa shape index (κ1) is 14.4. The standard InChI is InChI=1S/C16H22ClNO/c1-3-14(4-2)18-15(6-5-7-16(18)19)12-8-10-13(17)11-9-12/h8-11,14-15H,3-7H2,1-2H3. The summed E-state index contributed by atoms with van der Waals surface area (Å²) >= 11 is 5.95. The van der Waals surface area contributed by atoms with Gasteiger partial charge in [-0.15, -0.1) is 0 Å². The molecule has 1 amide bonds. The number of carbonyl (C=O) groups excluding carboxylic acids is 1. The topological polar surface area (TPSA) is 20.3 Å². The number of benzene rings is 1. The fraction of sp³-hybridized carbons (Fsp3) is 0.562. The molecule has 0 aliphatic carbocycles. The molecule has 1 saturated heterocycles. The molecule has 2 nitrogen and oxygen atoms in total. The fourth-order valence-electron chi connectivity index (χ4n) is 3.04. The Morgan fingerprint density at radius 2 is 1.89 bits per heavy atom. The van der Waals surface area contributed by atoms with Gasteiger partial charge in [0.15, 0.2) is 0 Å². The minimum Gasteiger partial charge on any atom is -0.333 e. The summed E-state index contributed by atoms with van der Waals surface area (Å²) in [4.78, 5) is 14.4. The maximum Gasteiger partial charge on any atom is 0.223 e. The minimum atomic E-state index is 0.225. The van der Waals surface area contributed by atoms with E-state index in [-0.39, 0.29) is 6.04 Å². The summed E-state index contributed by atoms with van der Waals surface area (Å²) in [6.45, 7) is 4.32.